The maximum Gasteiger partial charge on any atom is 0.252 e. The predicted molar refractivity (Wildman–Crippen MR) is 133 cm³/mol. The van der Waals surface area contributed by atoms with Crippen molar-refractivity contribution in [3.05, 3.63) is 94.8 Å². The van der Waals surface area contributed by atoms with Gasteiger partial charge in [-0.05, 0) is 54.8 Å². The fourth-order valence-corrected chi connectivity index (χ4v) is 4.05. The minimum Gasteiger partial charge on any atom is -0.494 e. The van der Waals surface area contributed by atoms with E-state index >= 15 is 0 Å². The van der Waals surface area contributed by atoms with Crippen molar-refractivity contribution in [2.24, 2.45) is 0 Å². The molecule has 33 heavy (non-hydrogen) atoms. The maximum atomic E-state index is 12.5. The number of aryl methyl sites for hydroxylation is 2. The number of hydrogen-bond acceptors (Lipinski definition) is 3. The lowest BCUT2D eigenvalue weighted by Gasteiger charge is -2.11. The molecule has 0 aliphatic rings. The quantitative estimate of drug-likeness (QED) is 0.308. The number of nitrogens with one attached hydrogen (secondary N) is 1. The van der Waals surface area contributed by atoms with Crippen LogP contribution in [-0.4, -0.2) is 28.6 Å². The van der Waals surface area contributed by atoms with Crippen LogP contribution in [0, 0.1) is 0 Å². The SMILES string of the molecule is CCc1ccc(OCCCn2c(CCNC(=O)c3ccccc3Cl)nc3ccccc32)cc1. The van der Waals surface area contributed by atoms with Gasteiger partial charge in [0.05, 0.1) is 28.2 Å². The summed E-state index contributed by atoms with van der Waals surface area (Å²) in [5.74, 6) is 1.67. The van der Waals surface area contributed by atoms with Crippen molar-refractivity contribution in [1.82, 2.24) is 14.9 Å². The first-order chi connectivity index (χ1) is 16.2. The summed E-state index contributed by atoms with van der Waals surface area (Å²) in [4.78, 5) is 17.3. The van der Waals surface area contributed by atoms with E-state index in [4.69, 9.17) is 21.3 Å². The van der Waals surface area contributed by atoms with Gasteiger partial charge in [-0.1, -0.05) is 54.9 Å². The Labute approximate surface area is 199 Å². The van der Waals surface area contributed by atoms with Gasteiger partial charge in [-0.15, -0.1) is 0 Å². The zero-order valence-corrected chi connectivity index (χ0v) is 19.5. The number of fused-ring (bicyclic) bond motifs is 1. The van der Waals surface area contributed by atoms with Gasteiger partial charge < -0.3 is 14.6 Å². The second kappa shape index (κ2) is 11.0. The molecule has 5 nitrogen and oxygen atoms in total. The lowest BCUT2D eigenvalue weighted by molar-refractivity contribution is 0.0954. The van der Waals surface area contributed by atoms with Gasteiger partial charge in [0.15, 0.2) is 0 Å². The Balaban J connectivity index is 1.36. The molecule has 0 atom stereocenters. The van der Waals surface area contributed by atoms with Crippen molar-refractivity contribution < 1.29 is 9.53 Å². The van der Waals surface area contributed by atoms with Crippen LogP contribution >= 0.6 is 11.6 Å². The van der Waals surface area contributed by atoms with Crippen LogP contribution < -0.4 is 10.1 Å². The summed E-state index contributed by atoms with van der Waals surface area (Å²) in [7, 11) is 0. The molecule has 0 saturated heterocycles. The van der Waals surface area contributed by atoms with Gasteiger partial charge in [0, 0.05) is 19.5 Å². The first-order valence-electron chi connectivity index (χ1n) is 11.3. The number of halogens is 1. The van der Waals surface area contributed by atoms with E-state index in [9.17, 15) is 4.79 Å². The summed E-state index contributed by atoms with van der Waals surface area (Å²) in [6, 6.07) is 23.4. The van der Waals surface area contributed by atoms with Gasteiger partial charge in [0.1, 0.15) is 11.6 Å². The predicted octanol–water partition coefficient (Wildman–Crippen LogP) is 5.69. The standard InChI is InChI=1S/C27H28ClN3O2/c1-2-20-12-14-21(15-13-20)33-19-7-18-31-25-11-6-5-10-24(25)30-26(31)16-17-29-27(32)22-8-3-4-9-23(22)28/h3-6,8-15H,2,7,16-19H2,1H3,(H,29,32). The second-order valence-electron chi connectivity index (χ2n) is 7.85. The van der Waals surface area contributed by atoms with Crippen LogP contribution in [0.2, 0.25) is 5.02 Å². The molecule has 4 rings (SSSR count). The molecule has 1 aromatic heterocycles. The Morgan fingerprint density at radius 1 is 1.03 bits per heavy atom. The highest BCUT2D eigenvalue weighted by Gasteiger charge is 2.12. The summed E-state index contributed by atoms with van der Waals surface area (Å²) in [5, 5.41) is 3.41. The monoisotopic (exact) mass is 461 g/mol. The third kappa shape index (κ3) is 5.74. The molecule has 0 saturated carbocycles. The number of rotatable bonds is 10. The molecule has 1 heterocycles. The lowest BCUT2D eigenvalue weighted by atomic mass is 10.2. The van der Waals surface area contributed by atoms with Crippen molar-refractivity contribution in [2.45, 2.75) is 32.7 Å². The van der Waals surface area contributed by atoms with Crippen LogP contribution in [0.15, 0.2) is 72.8 Å². The van der Waals surface area contributed by atoms with E-state index in [1.54, 1.807) is 18.2 Å². The Bertz CT molecular complexity index is 1220. The molecule has 3 aromatic carbocycles. The Morgan fingerprint density at radius 3 is 2.58 bits per heavy atom. The fraction of sp³-hybridized carbons (Fsp3) is 0.259. The number of nitrogens with zero attached hydrogens (tertiary/aromatic N) is 2. The highest BCUT2D eigenvalue weighted by atomic mass is 35.5. The topological polar surface area (TPSA) is 56.1 Å². The maximum absolute atomic E-state index is 12.5. The van der Waals surface area contributed by atoms with Gasteiger partial charge in [0.2, 0.25) is 0 Å². The Morgan fingerprint density at radius 2 is 1.79 bits per heavy atom. The summed E-state index contributed by atoms with van der Waals surface area (Å²) in [6.07, 6.45) is 2.51. The average Bonchev–Trinajstić information content (AvgIpc) is 3.19. The zero-order chi connectivity index (χ0) is 23.0. The highest BCUT2D eigenvalue weighted by Crippen LogP contribution is 2.18. The molecule has 0 spiro atoms. The Kier molecular flexibility index (Phi) is 7.63. The van der Waals surface area contributed by atoms with Crippen molar-refractivity contribution in [1.29, 1.82) is 0 Å². The minimum absolute atomic E-state index is 0.175. The Hall–Kier alpha value is -3.31. The molecule has 0 radical (unpaired) electrons. The van der Waals surface area contributed by atoms with E-state index in [1.807, 2.05) is 36.4 Å². The number of aromatic nitrogens is 2. The third-order valence-corrected chi connectivity index (χ3v) is 5.94. The number of benzene rings is 3. The molecule has 0 unspecified atom stereocenters. The summed E-state index contributed by atoms with van der Waals surface area (Å²) >= 11 is 6.13. The average molecular weight is 462 g/mol. The normalized spacial score (nSPS) is 11.0. The molecular weight excluding hydrogens is 434 g/mol. The van der Waals surface area contributed by atoms with Crippen LogP contribution in [-0.2, 0) is 19.4 Å². The molecule has 1 N–H and O–H groups in total. The molecule has 1 amide bonds. The van der Waals surface area contributed by atoms with E-state index in [0.29, 0.717) is 30.2 Å². The van der Waals surface area contributed by atoms with Crippen LogP contribution in [0.3, 0.4) is 0 Å². The van der Waals surface area contributed by atoms with Crippen LogP contribution in [0.25, 0.3) is 11.0 Å². The summed E-state index contributed by atoms with van der Waals surface area (Å²) in [5.41, 5.74) is 3.84. The van der Waals surface area contributed by atoms with E-state index in [0.717, 1.165) is 42.0 Å². The number of para-hydroxylation sites is 2. The van der Waals surface area contributed by atoms with Crippen molar-refractivity contribution in [3.63, 3.8) is 0 Å². The molecule has 0 fully saturated rings. The smallest absolute Gasteiger partial charge is 0.252 e. The van der Waals surface area contributed by atoms with Crippen molar-refractivity contribution in [2.75, 3.05) is 13.2 Å². The molecule has 0 aliphatic carbocycles. The molecule has 4 aromatic rings. The number of carbonyl (C=O) groups excluding carboxylic acids is 1. The summed E-state index contributed by atoms with van der Waals surface area (Å²) in [6.45, 7) is 4.04. The van der Waals surface area contributed by atoms with E-state index in [1.165, 1.54) is 5.56 Å². The highest BCUT2D eigenvalue weighted by molar-refractivity contribution is 6.33. The lowest BCUT2D eigenvalue weighted by Crippen LogP contribution is -2.26. The van der Waals surface area contributed by atoms with Gasteiger partial charge in [-0.25, -0.2) is 4.98 Å². The summed E-state index contributed by atoms with van der Waals surface area (Å²) < 4.78 is 8.15. The second-order valence-corrected chi connectivity index (χ2v) is 8.26. The number of amides is 1. The van der Waals surface area contributed by atoms with Crippen LogP contribution in [0.5, 0.6) is 5.75 Å². The largest absolute Gasteiger partial charge is 0.494 e. The molecule has 0 aliphatic heterocycles. The van der Waals surface area contributed by atoms with E-state index in [-0.39, 0.29) is 5.91 Å². The number of imidazole rings is 1. The number of ether oxygens (including phenoxy) is 1. The van der Waals surface area contributed by atoms with Gasteiger partial charge in [-0.3, -0.25) is 4.79 Å². The van der Waals surface area contributed by atoms with Gasteiger partial charge in [0.25, 0.3) is 5.91 Å². The fourth-order valence-electron chi connectivity index (χ4n) is 3.83. The molecule has 6 heteroatoms. The number of hydrogen-bond donors (Lipinski definition) is 1. The molecule has 170 valence electrons. The van der Waals surface area contributed by atoms with Gasteiger partial charge >= 0.3 is 0 Å². The first kappa shape index (κ1) is 22.9. The zero-order valence-electron chi connectivity index (χ0n) is 18.8. The van der Waals surface area contributed by atoms with E-state index < -0.39 is 0 Å². The van der Waals surface area contributed by atoms with Crippen LogP contribution in [0.1, 0.15) is 35.1 Å². The first-order valence-corrected chi connectivity index (χ1v) is 11.7. The van der Waals surface area contributed by atoms with Crippen molar-refractivity contribution >= 4 is 28.5 Å². The third-order valence-electron chi connectivity index (χ3n) is 5.61. The number of carbonyl (C=O) groups is 1. The van der Waals surface area contributed by atoms with Crippen LogP contribution in [0.4, 0.5) is 0 Å². The van der Waals surface area contributed by atoms with E-state index in [2.05, 4.69) is 35.0 Å². The van der Waals surface area contributed by atoms with Crippen molar-refractivity contribution in [3.8, 4) is 5.75 Å². The molecular formula is C27H28ClN3O2. The minimum atomic E-state index is -0.175. The molecule has 0 bridgehead atoms. The van der Waals surface area contributed by atoms with Gasteiger partial charge in [-0.2, -0.15) is 0 Å².